The summed E-state index contributed by atoms with van der Waals surface area (Å²) >= 11 is 12.5. The predicted molar refractivity (Wildman–Crippen MR) is 180 cm³/mol. The smallest absolute Gasteiger partial charge is 0.162 e. The summed E-state index contributed by atoms with van der Waals surface area (Å²) in [6.45, 7) is 11.5. The zero-order valence-corrected chi connectivity index (χ0v) is 28.7. The van der Waals surface area contributed by atoms with Crippen molar-refractivity contribution >= 4 is 34.8 Å². The number of nitrogens with zero attached hydrogens (tertiary/aromatic N) is 1. The van der Waals surface area contributed by atoms with Crippen LogP contribution in [0.1, 0.15) is 109 Å². The van der Waals surface area contributed by atoms with Gasteiger partial charge in [-0.2, -0.15) is 0 Å². The van der Waals surface area contributed by atoms with Crippen LogP contribution in [0.25, 0.3) is 0 Å². The highest BCUT2D eigenvalue weighted by atomic mass is 35.5. The number of carbonyl (C=O) groups is 2. The van der Waals surface area contributed by atoms with Gasteiger partial charge in [0.1, 0.15) is 6.61 Å². The van der Waals surface area contributed by atoms with Gasteiger partial charge in [0.15, 0.2) is 23.1 Å². The van der Waals surface area contributed by atoms with E-state index in [1.54, 1.807) is 12.1 Å². The number of hydrogen-bond acceptors (Lipinski definition) is 5. The Morgan fingerprint density at radius 1 is 0.778 bits per heavy atom. The summed E-state index contributed by atoms with van der Waals surface area (Å²) in [7, 11) is 0. The van der Waals surface area contributed by atoms with E-state index in [1.807, 2.05) is 31.2 Å². The fraction of sp³-hybridized carbons (Fsp3) is 0.526. The first kappa shape index (κ1) is 32.2. The van der Waals surface area contributed by atoms with Gasteiger partial charge in [0.05, 0.1) is 6.61 Å². The van der Waals surface area contributed by atoms with Gasteiger partial charge in [0.25, 0.3) is 0 Å². The number of Topliss-reactive ketones (excluding diaryl/α,β-unsaturated/α-hetero) is 2. The van der Waals surface area contributed by atoms with Crippen LogP contribution < -0.4 is 9.47 Å². The van der Waals surface area contributed by atoms with E-state index in [9.17, 15) is 9.59 Å². The highest BCUT2D eigenvalue weighted by Gasteiger charge is 2.50. The van der Waals surface area contributed by atoms with Crippen molar-refractivity contribution in [2.75, 3.05) is 6.61 Å². The van der Waals surface area contributed by atoms with Crippen molar-refractivity contribution in [2.45, 2.75) is 111 Å². The summed E-state index contributed by atoms with van der Waals surface area (Å²) in [4.78, 5) is 31.0. The number of rotatable bonds is 7. The van der Waals surface area contributed by atoms with Gasteiger partial charge in [-0.1, -0.05) is 82.3 Å². The van der Waals surface area contributed by atoms with Crippen molar-refractivity contribution in [3.8, 4) is 11.5 Å². The lowest BCUT2D eigenvalue weighted by molar-refractivity contribution is -0.119. The molecule has 0 amide bonds. The molecule has 0 unspecified atom stereocenters. The molecule has 5 nitrogen and oxygen atoms in total. The molecule has 0 N–H and O–H groups in total. The third-order valence-corrected chi connectivity index (χ3v) is 10.5. The predicted octanol–water partition coefficient (Wildman–Crippen LogP) is 9.99. The number of ether oxygens (including phenoxy) is 2. The number of benzene rings is 2. The highest BCUT2D eigenvalue weighted by Crippen LogP contribution is 2.56. The molecule has 0 saturated heterocycles. The molecule has 1 fully saturated rings. The largest absolute Gasteiger partial charge is 0.490 e. The number of carbonyl (C=O) groups excluding carboxylic acids is 2. The van der Waals surface area contributed by atoms with Crippen LogP contribution in [0.3, 0.4) is 0 Å². The molecule has 1 saturated carbocycles. The molecule has 0 aromatic heterocycles. The van der Waals surface area contributed by atoms with Crippen LogP contribution >= 0.6 is 23.2 Å². The lowest BCUT2D eigenvalue weighted by atomic mass is 9.63. The maximum Gasteiger partial charge on any atom is 0.162 e. The van der Waals surface area contributed by atoms with E-state index in [2.05, 4.69) is 32.6 Å². The fourth-order valence-corrected chi connectivity index (χ4v) is 8.46. The van der Waals surface area contributed by atoms with Crippen molar-refractivity contribution in [3.63, 3.8) is 0 Å². The van der Waals surface area contributed by atoms with E-state index in [4.69, 9.17) is 32.7 Å². The minimum atomic E-state index is -0.416. The standard InChI is InChI=1S/C38H45Cl2NO4/c1-6-44-33-16-23(13-15-32(33)45-22-24-12-14-25(39)17-27(24)40)34-35-28(18-37(2,3)20-30(35)42)41(26-10-8-7-9-11-26)29-19-38(4,5)21-31(43)36(29)34/h12-17,26,34H,6-11,18-22H2,1-5H3. The minimum Gasteiger partial charge on any atom is -0.490 e. The van der Waals surface area contributed by atoms with Gasteiger partial charge >= 0.3 is 0 Å². The highest BCUT2D eigenvalue weighted by molar-refractivity contribution is 6.35. The molecule has 0 spiro atoms. The first-order chi connectivity index (χ1) is 21.4. The monoisotopic (exact) mass is 649 g/mol. The summed E-state index contributed by atoms with van der Waals surface area (Å²) in [5.74, 6) is 1.08. The van der Waals surface area contributed by atoms with E-state index in [-0.39, 0.29) is 29.0 Å². The topological polar surface area (TPSA) is 55.8 Å². The molecule has 0 bridgehead atoms. The second-order valence-corrected chi connectivity index (χ2v) is 15.7. The summed E-state index contributed by atoms with van der Waals surface area (Å²) in [6, 6.07) is 11.6. The molecule has 1 aliphatic heterocycles. The normalized spacial score (nSPS) is 22.0. The Labute approximate surface area is 277 Å². The van der Waals surface area contributed by atoms with Crippen molar-refractivity contribution in [3.05, 3.63) is 80.1 Å². The van der Waals surface area contributed by atoms with Gasteiger partial charge < -0.3 is 14.4 Å². The molecule has 0 atom stereocenters. The van der Waals surface area contributed by atoms with Gasteiger partial charge in [-0.25, -0.2) is 0 Å². The summed E-state index contributed by atoms with van der Waals surface area (Å²) < 4.78 is 12.3. The van der Waals surface area contributed by atoms with Crippen molar-refractivity contribution in [2.24, 2.45) is 10.8 Å². The Hall–Kier alpha value is -2.76. The quantitative estimate of drug-likeness (QED) is 0.299. The zero-order chi connectivity index (χ0) is 32.1. The first-order valence-corrected chi connectivity index (χ1v) is 17.3. The van der Waals surface area contributed by atoms with Gasteiger partial charge in [-0.3, -0.25) is 9.59 Å². The number of hydrogen-bond donors (Lipinski definition) is 0. The molecule has 7 heteroatoms. The van der Waals surface area contributed by atoms with Crippen LogP contribution in [0.4, 0.5) is 0 Å². The van der Waals surface area contributed by atoms with Crippen LogP contribution in [0, 0.1) is 10.8 Å². The van der Waals surface area contributed by atoms with Gasteiger partial charge in [0.2, 0.25) is 0 Å². The van der Waals surface area contributed by atoms with Gasteiger partial charge in [-0.15, -0.1) is 0 Å². The van der Waals surface area contributed by atoms with E-state index >= 15 is 0 Å². The van der Waals surface area contributed by atoms with E-state index in [0.29, 0.717) is 47.0 Å². The zero-order valence-electron chi connectivity index (χ0n) is 27.2. The van der Waals surface area contributed by atoms with Crippen molar-refractivity contribution in [1.82, 2.24) is 4.90 Å². The third-order valence-electron chi connectivity index (χ3n) is 9.89. The van der Waals surface area contributed by atoms with Crippen LogP contribution in [-0.4, -0.2) is 29.1 Å². The molecule has 0 radical (unpaired) electrons. The lowest BCUT2D eigenvalue weighted by Gasteiger charge is -2.52. The molecular formula is C38H45Cl2NO4. The van der Waals surface area contributed by atoms with Crippen LogP contribution in [0.15, 0.2) is 58.9 Å². The molecular weight excluding hydrogens is 605 g/mol. The molecule has 6 rings (SSSR count). The Morgan fingerprint density at radius 3 is 1.98 bits per heavy atom. The van der Waals surface area contributed by atoms with Crippen molar-refractivity contribution in [1.29, 1.82) is 0 Å². The van der Waals surface area contributed by atoms with Crippen LogP contribution in [0.2, 0.25) is 10.0 Å². The molecule has 3 aliphatic carbocycles. The van der Waals surface area contributed by atoms with Crippen LogP contribution in [0.5, 0.6) is 11.5 Å². The number of allylic oxidation sites excluding steroid dienone is 4. The van der Waals surface area contributed by atoms with Crippen LogP contribution in [-0.2, 0) is 16.2 Å². The Bertz CT molecular complexity index is 1530. The van der Waals surface area contributed by atoms with E-state index < -0.39 is 5.92 Å². The van der Waals surface area contributed by atoms with Gasteiger partial charge in [0, 0.05) is 63.0 Å². The summed E-state index contributed by atoms with van der Waals surface area (Å²) in [5, 5.41) is 1.11. The third kappa shape index (κ3) is 6.45. The van der Waals surface area contributed by atoms with E-state index in [0.717, 1.165) is 59.4 Å². The fourth-order valence-electron chi connectivity index (χ4n) is 8.00. The average molecular weight is 651 g/mol. The second kappa shape index (κ2) is 12.4. The maximum atomic E-state index is 14.3. The van der Waals surface area contributed by atoms with Gasteiger partial charge in [-0.05, 0) is 73.3 Å². The SMILES string of the molecule is CCOc1cc(C2C3=C(CC(C)(C)CC3=O)N(C3CCCCC3)C3=C2C(=O)CC(C)(C)C3)ccc1OCc1ccc(Cl)cc1Cl. The summed E-state index contributed by atoms with van der Waals surface area (Å²) in [6.07, 6.45) is 8.42. The van der Waals surface area contributed by atoms with Crippen molar-refractivity contribution < 1.29 is 19.1 Å². The Kier molecular flexibility index (Phi) is 8.91. The second-order valence-electron chi connectivity index (χ2n) is 14.9. The molecule has 1 heterocycles. The maximum absolute atomic E-state index is 14.3. The Balaban J connectivity index is 1.47. The summed E-state index contributed by atoms with van der Waals surface area (Å²) in [5.41, 5.74) is 5.36. The molecule has 240 valence electrons. The molecule has 45 heavy (non-hydrogen) atoms. The Morgan fingerprint density at radius 2 is 1.40 bits per heavy atom. The average Bonchev–Trinajstić information content (AvgIpc) is 2.95. The molecule has 2 aromatic carbocycles. The van der Waals surface area contributed by atoms with E-state index in [1.165, 1.54) is 19.3 Å². The minimum absolute atomic E-state index is 0.142. The number of ketones is 2. The molecule has 2 aromatic rings. The lowest BCUT2D eigenvalue weighted by Crippen LogP contribution is -2.48. The first-order valence-electron chi connectivity index (χ1n) is 16.5. The number of halogens is 2. The molecule has 4 aliphatic rings.